The first kappa shape index (κ1) is 11.6. The summed E-state index contributed by atoms with van der Waals surface area (Å²) in [6.07, 6.45) is 6.66. The topological polar surface area (TPSA) is 26.0 Å². The fraction of sp³-hybridized carbons (Fsp3) is 0.273. The second-order valence-electron chi connectivity index (χ2n) is 3.02. The normalized spacial score (nSPS) is 12.1. The number of halogens is 2. The van der Waals surface area contributed by atoms with Crippen LogP contribution in [0.5, 0.6) is 0 Å². The molecule has 0 radical (unpaired) electrons. The lowest BCUT2D eigenvalue weighted by Crippen LogP contribution is -2.10. The molecule has 1 atom stereocenters. The predicted octanol–water partition coefficient (Wildman–Crippen LogP) is 3.52. The average Bonchev–Trinajstić information content (AvgIpc) is 2.14. The standard InChI is InChI=1S/C11H11BrClN/c1-2-3-4-11(14)9-6-5-8(13)7-10(9)12/h1,5-7,11H,3-4,14H2. The molecule has 0 amide bonds. The van der Waals surface area contributed by atoms with Gasteiger partial charge in [0.05, 0.1) is 0 Å². The van der Waals surface area contributed by atoms with Crippen LogP contribution in [0.2, 0.25) is 5.02 Å². The number of benzene rings is 1. The maximum absolute atomic E-state index is 5.96. The van der Waals surface area contributed by atoms with Gasteiger partial charge in [-0.25, -0.2) is 0 Å². The van der Waals surface area contributed by atoms with Crippen molar-refractivity contribution in [2.75, 3.05) is 0 Å². The van der Waals surface area contributed by atoms with Gasteiger partial charge in [-0.15, -0.1) is 12.3 Å². The van der Waals surface area contributed by atoms with Crippen LogP contribution in [-0.4, -0.2) is 0 Å². The van der Waals surface area contributed by atoms with Crippen molar-refractivity contribution in [2.24, 2.45) is 5.73 Å². The van der Waals surface area contributed by atoms with Gasteiger partial charge in [0.1, 0.15) is 0 Å². The van der Waals surface area contributed by atoms with Gasteiger partial charge in [0.25, 0.3) is 0 Å². The van der Waals surface area contributed by atoms with Gasteiger partial charge in [-0.1, -0.05) is 33.6 Å². The zero-order valence-electron chi connectivity index (χ0n) is 7.63. The van der Waals surface area contributed by atoms with Gasteiger partial charge in [0.15, 0.2) is 0 Å². The number of terminal acetylenes is 1. The van der Waals surface area contributed by atoms with Gasteiger partial charge in [0.2, 0.25) is 0 Å². The van der Waals surface area contributed by atoms with Crippen molar-refractivity contribution in [3.05, 3.63) is 33.3 Å². The smallest absolute Gasteiger partial charge is 0.0417 e. The third-order valence-electron chi connectivity index (χ3n) is 1.96. The lowest BCUT2D eigenvalue weighted by molar-refractivity contribution is 0.665. The number of hydrogen-bond donors (Lipinski definition) is 1. The molecule has 0 heterocycles. The lowest BCUT2D eigenvalue weighted by atomic mass is 10.0. The molecule has 0 fully saturated rings. The molecule has 1 aromatic carbocycles. The minimum atomic E-state index is -0.0299. The van der Waals surface area contributed by atoms with Crippen LogP contribution >= 0.6 is 27.5 Å². The monoisotopic (exact) mass is 271 g/mol. The Balaban J connectivity index is 2.80. The molecular weight excluding hydrogens is 261 g/mol. The van der Waals surface area contributed by atoms with Crippen LogP contribution in [0.1, 0.15) is 24.4 Å². The van der Waals surface area contributed by atoms with Crippen molar-refractivity contribution in [3.63, 3.8) is 0 Å². The molecule has 1 unspecified atom stereocenters. The first-order valence-electron chi connectivity index (χ1n) is 4.29. The van der Waals surface area contributed by atoms with Gasteiger partial charge in [-0.3, -0.25) is 0 Å². The molecule has 1 nitrogen and oxygen atoms in total. The molecule has 2 N–H and O–H groups in total. The fourth-order valence-electron chi connectivity index (χ4n) is 1.20. The quantitative estimate of drug-likeness (QED) is 0.837. The van der Waals surface area contributed by atoms with E-state index < -0.39 is 0 Å². The van der Waals surface area contributed by atoms with Gasteiger partial charge in [-0.05, 0) is 24.1 Å². The number of rotatable bonds is 3. The summed E-state index contributed by atoms with van der Waals surface area (Å²) < 4.78 is 0.939. The molecule has 1 rings (SSSR count). The van der Waals surface area contributed by atoms with Gasteiger partial charge >= 0.3 is 0 Å². The first-order valence-corrected chi connectivity index (χ1v) is 5.46. The predicted molar refractivity (Wildman–Crippen MR) is 64.1 cm³/mol. The third-order valence-corrected chi connectivity index (χ3v) is 2.88. The molecule has 74 valence electrons. The molecule has 14 heavy (non-hydrogen) atoms. The maximum Gasteiger partial charge on any atom is 0.0417 e. The van der Waals surface area contributed by atoms with Crippen LogP contribution < -0.4 is 5.73 Å². The van der Waals surface area contributed by atoms with Crippen molar-refractivity contribution in [2.45, 2.75) is 18.9 Å². The van der Waals surface area contributed by atoms with Crippen molar-refractivity contribution in [1.29, 1.82) is 0 Å². The van der Waals surface area contributed by atoms with Crippen molar-refractivity contribution in [3.8, 4) is 12.3 Å². The van der Waals surface area contributed by atoms with E-state index in [1.165, 1.54) is 0 Å². The second kappa shape index (κ2) is 5.41. The van der Waals surface area contributed by atoms with E-state index in [2.05, 4.69) is 21.9 Å². The molecule has 0 saturated heterocycles. The van der Waals surface area contributed by atoms with Crippen molar-refractivity contribution >= 4 is 27.5 Å². The summed E-state index contributed by atoms with van der Waals surface area (Å²) in [5, 5.41) is 0.699. The zero-order valence-corrected chi connectivity index (χ0v) is 9.98. The summed E-state index contributed by atoms with van der Waals surface area (Å²) in [6, 6.07) is 5.56. The molecule has 0 aliphatic rings. The summed E-state index contributed by atoms with van der Waals surface area (Å²) in [6.45, 7) is 0. The molecule has 0 aliphatic carbocycles. The maximum atomic E-state index is 5.96. The highest BCUT2D eigenvalue weighted by Crippen LogP contribution is 2.27. The molecule has 0 aromatic heterocycles. The summed E-state index contributed by atoms with van der Waals surface area (Å²) in [4.78, 5) is 0. The van der Waals surface area contributed by atoms with Crippen LogP contribution in [-0.2, 0) is 0 Å². The van der Waals surface area contributed by atoms with Crippen molar-refractivity contribution in [1.82, 2.24) is 0 Å². The third kappa shape index (κ3) is 3.02. The highest BCUT2D eigenvalue weighted by molar-refractivity contribution is 9.10. The molecule has 0 aliphatic heterocycles. The van der Waals surface area contributed by atoms with E-state index in [0.717, 1.165) is 16.5 Å². The van der Waals surface area contributed by atoms with E-state index in [1.807, 2.05) is 18.2 Å². The van der Waals surface area contributed by atoms with Crippen LogP contribution in [0, 0.1) is 12.3 Å². The van der Waals surface area contributed by atoms with E-state index in [-0.39, 0.29) is 6.04 Å². The van der Waals surface area contributed by atoms with Gasteiger partial charge in [-0.2, -0.15) is 0 Å². The molecule has 0 spiro atoms. The van der Waals surface area contributed by atoms with E-state index in [4.69, 9.17) is 23.8 Å². The Morgan fingerprint density at radius 2 is 2.29 bits per heavy atom. The SMILES string of the molecule is C#CCCC(N)c1ccc(Cl)cc1Br. The Bertz CT molecular complexity index is 357. The molecule has 0 saturated carbocycles. The lowest BCUT2D eigenvalue weighted by Gasteiger charge is -2.12. The number of hydrogen-bond acceptors (Lipinski definition) is 1. The van der Waals surface area contributed by atoms with E-state index in [1.54, 1.807) is 0 Å². The van der Waals surface area contributed by atoms with Gasteiger partial charge < -0.3 is 5.73 Å². The Labute approximate surface area is 97.8 Å². The van der Waals surface area contributed by atoms with E-state index in [9.17, 15) is 0 Å². The minimum absolute atomic E-state index is 0.0299. The summed E-state index contributed by atoms with van der Waals surface area (Å²) in [7, 11) is 0. The van der Waals surface area contributed by atoms with Crippen LogP contribution in [0.25, 0.3) is 0 Å². The Morgan fingerprint density at radius 1 is 1.57 bits per heavy atom. The Kier molecular flexibility index (Phi) is 4.47. The summed E-state index contributed by atoms with van der Waals surface area (Å²) in [5.41, 5.74) is 7.01. The highest BCUT2D eigenvalue weighted by Gasteiger charge is 2.09. The van der Waals surface area contributed by atoms with Crippen molar-refractivity contribution < 1.29 is 0 Å². The number of nitrogens with two attached hydrogens (primary N) is 1. The zero-order chi connectivity index (χ0) is 10.6. The molecule has 3 heteroatoms. The van der Waals surface area contributed by atoms with E-state index >= 15 is 0 Å². The molecule has 1 aromatic rings. The second-order valence-corrected chi connectivity index (χ2v) is 4.31. The highest BCUT2D eigenvalue weighted by atomic mass is 79.9. The first-order chi connectivity index (χ1) is 6.65. The summed E-state index contributed by atoms with van der Waals surface area (Å²) in [5.74, 6) is 2.58. The van der Waals surface area contributed by atoms with Crippen LogP contribution in [0.15, 0.2) is 22.7 Å². The van der Waals surface area contributed by atoms with Crippen LogP contribution in [0.4, 0.5) is 0 Å². The Morgan fingerprint density at radius 3 is 2.86 bits per heavy atom. The molecular formula is C11H11BrClN. The summed E-state index contributed by atoms with van der Waals surface area (Å²) >= 11 is 9.25. The van der Waals surface area contributed by atoms with E-state index in [0.29, 0.717) is 11.4 Å². The largest absolute Gasteiger partial charge is 0.324 e. The van der Waals surface area contributed by atoms with Gasteiger partial charge in [0, 0.05) is 22.0 Å². The fourth-order valence-corrected chi connectivity index (χ4v) is 2.17. The molecule has 0 bridgehead atoms. The van der Waals surface area contributed by atoms with Crippen LogP contribution in [0.3, 0.4) is 0 Å². The average molecular weight is 273 g/mol. The minimum Gasteiger partial charge on any atom is -0.324 e. The Hall–Kier alpha value is -0.490.